The van der Waals surface area contributed by atoms with Gasteiger partial charge in [0, 0.05) is 39.3 Å². The van der Waals surface area contributed by atoms with Crippen molar-refractivity contribution in [1.29, 1.82) is 0 Å². The van der Waals surface area contributed by atoms with E-state index in [1.54, 1.807) is 0 Å². The largest absolute Gasteiger partial charge is 0.382 e. The lowest BCUT2D eigenvalue weighted by atomic mass is 10.4. The van der Waals surface area contributed by atoms with Crippen LogP contribution in [0.2, 0.25) is 0 Å². The van der Waals surface area contributed by atoms with Gasteiger partial charge in [-0.15, -0.1) is 0 Å². The van der Waals surface area contributed by atoms with Crippen LogP contribution in [0.5, 0.6) is 0 Å². The minimum Gasteiger partial charge on any atom is -0.382 e. The van der Waals surface area contributed by atoms with Crippen LogP contribution in [0.4, 0.5) is 10.9 Å². The molecule has 0 radical (unpaired) electrons. The summed E-state index contributed by atoms with van der Waals surface area (Å²) < 4.78 is 0. The Bertz CT molecular complexity index is 455. The summed E-state index contributed by atoms with van der Waals surface area (Å²) in [6.45, 7) is 5.07. The maximum Gasteiger partial charge on any atom is 0.265 e. The predicted molar refractivity (Wildman–Crippen MR) is 82.5 cm³/mol. The number of likely N-dealkylation sites (N-methyl/N-ethyl adjacent to an activating group) is 1. The Labute approximate surface area is 123 Å². The molecule has 0 unspecified atom stereocenters. The van der Waals surface area contributed by atoms with E-state index in [9.17, 15) is 4.79 Å². The summed E-state index contributed by atoms with van der Waals surface area (Å²) >= 11 is 1.37. The Morgan fingerprint density at radius 1 is 1.50 bits per heavy atom. The summed E-state index contributed by atoms with van der Waals surface area (Å²) in [5.41, 5.74) is 5.87. The summed E-state index contributed by atoms with van der Waals surface area (Å²) in [5, 5.41) is 6.99. The first kappa shape index (κ1) is 15.0. The Morgan fingerprint density at radius 3 is 2.85 bits per heavy atom. The normalized spacial score (nSPS) is 15.7. The van der Waals surface area contributed by atoms with E-state index in [4.69, 9.17) is 5.73 Å². The fourth-order valence-corrected chi connectivity index (χ4v) is 2.90. The third-order valence-corrected chi connectivity index (χ3v) is 4.21. The van der Waals surface area contributed by atoms with Crippen molar-refractivity contribution in [2.45, 2.75) is 0 Å². The van der Waals surface area contributed by atoms with Crippen LogP contribution in [0.15, 0.2) is 0 Å². The van der Waals surface area contributed by atoms with E-state index in [1.165, 1.54) is 11.3 Å². The molecule has 1 aliphatic rings. The summed E-state index contributed by atoms with van der Waals surface area (Å²) in [6, 6.07) is 0. The van der Waals surface area contributed by atoms with Gasteiger partial charge in [0.05, 0.1) is 0 Å². The van der Waals surface area contributed by atoms with Gasteiger partial charge in [-0.1, -0.05) is 11.3 Å². The number of rotatable bonds is 5. The number of anilines is 2. The lowest BCUT2D eigenvalue weighted by Gasteiger charge is -2.26. The molecule has 1 aliphatic heterocycles. The zero-order valence-electron chi connectivity index (χ0n) is 12.0. The second-order valence-corrected chi connectivity index (χ2v) is 5.98. The molecule has 0 spiro atoms. The molecule has 1 saturated heterocycles. The van der Waals surface area contributed by atoms with E-state index in [0.717, 1.165) is 37.9 Å². The number of amides is 1. The van der Waals surface area contributed by atoms with Crippen LogP contribution in [0.25, 0.3) is 0 Å². The molecule has 0 atom stereocenters. The first-order valence-electron chi connectivity index (χ1n) is 6.73. The molecule has 1 amide bonds. The average Bonchev–Trinajstić information content (AvgIpc) is 2.81. The number of nitrogens with two attached hydrogens (primary N) is 1. The number of carbonyl (C=O) groups excluding carboxylic acids is 1. The molecule has 4 N–H and O–H groups in total. The Balaban J connectivity index is 1.97. The van der Waals surface area contributed by atoms with E-state index in [0.29, 0.717) is 17.2 Å². The summed E-state index contributed by atoms with van der Waals surface area (Å²) in [5.74, 6) is 0.189. The molecular weight excluding hydrogens is 276 g/mol. The molecule has 8 heteroatoms. The van der Waals surface area contributed by atoms with Crippen LogP contribution < -0.4 is 21.3 Å². The topological polar surface area (TPSA) is 86.5 Å². The van der Waals surface area contributed by atoms with Crippen LogP contribution in [0.1, 0.15) is 9.67 Å². The monoisotopic (exact) mass is 298 g/mol. The van der Waals surface area contributed by atoms with Crippen molar-refractivity contribution >= 4 is 28.2 Å². The van der Waals surface area contributed by atoms with Crippen LogP contribution >= 0.6 is 11.3 Å². The van der Waals surface area contributed by atoms with E-state index < -0.39 is 0 Å². The zero-order valence-corrected chi connectivity index (χ0v) is 12.8. The molecule has 1 aromatic heterocycles. The van der Waals surface area contributed by atoms with Crippen LogP contribution in [0, 0.1) is 0 Å². The highest BCUT2D eigenvalue weighted by molar-refractivity contribution is 7.18. The number of nitrogens with one attached hydrogen (secondary N) is 2. The van der Waals surface area contributed by atoms with E-state index in [2.05, 4.69) is 20.5 Å². The third kappa shape index (κ3) is 3.81. The van der Waals surface area contributed by atoms with Crippen LogP contribution in [-0.4, -0.2) is 69.2 Å². The van der Waals surface area contributed by atoms with Gasteiger partial charge in [-0.2, -0.15) is 0 Å². The summed E-state index contributed by atoms with van der Waals surface area (Å²) in [6.07, 6.45) is 0. The molecule has 0 aliphatic carbocycles. The SMILES string of the molecule is CN(C)CCNC(=O)c1sc(N2CCNCC2)nc1N. The number of hydrogen-bond donors (Lipinski definition) is 3. The quantitative estimate of drug-likeness (QED) is 0.675. The van der Waals surface area contributed by atoms with Gasteiger partial charge in [0.2, 0.25) is 0 Å². The highest BCUT2D eigenvalue weighted by Gasteiger charge is 2.20. The number of thiazole rings is 1. The van der Waals surface area contributed by atoms with Crippen molar-refractivity contribution in [2.24, 2.45) is 0 Å². The smallest absolute Gasteiger partial charge is 0.265 e. The molecule has 2 rings (SSSR count). The van der Waals surface area contributed by atoms with Gasteiger partial charge in [-0.05, 0) is 14.1 Å². The minimum absolute atomic E-state index is 0.136. The Kier molecular flexibility index (Phi) is 5.16. The second kappa shape index (κ2) is 6.87. The van der Waals surface area contributed by atoms with E-state index in [1.807, 2.05) is 19.0 Å². The van der Waals surface area contributed by atoms with Gasteiger partial charge < -0.3 is 26.2 Å². The molecular formula is C12H22N6OS. The van der Waals surface area contributed by atoms with E-state index in [-0.39, 0.29) is 5.91 Å². The van der Waals surface area contributed by atoms with E-state index >= 15 is 0 Å². The maximum absolute atomic E-state index is 12.1. The van der Waals surface area contributed by atoms with Gasteiger partial charge in [0.15, 0.2) is 5.13 Å². The first-order chi connectivity index (χ1) is 9.58. The van der Waals surface area contributed by atoms with Crippen LogP contribution in [0.3, 0.4) is 0 Å². The molecule has 112 valence electrons. The van der Waals surface area contributed by atoms with Gasteiger partial charge in [-0.3, -0.25) is 4.79 Å². The van der Waals surface area contributed by atoms with Gasteiger partial charge in [-0.25, -0.2) is 4.98 Å². The van der Waals surface area contributed by atoms with Gasteiger partial charge in [0.1, 0.15) is 10.7 Å². The Hall–Kier alpha value is -1.38. The number of carbonyl (C=O) groups is 1. The predicted octanol–water partition coefficient (Wildman–Crippen LogP) is -0.574. The standard InChI is InChI=1S/C12H22N6OS/c1-17(2)6-5-15-11(19)9-10(13)16-12(20-9)18-7-3-14-4-8-18/h14H,3-8,13H2,1-2H3,(H,15,19). The number of aromatic nitrogens is 1. The molecule has 0 aromatic carbocycles. The molecule has 20 heavy (non-hydrogen) atoms. The summed E-state index contributed by atoms with van der Waals surface area (Å²) in [4.78, 5) is 21.1. The van der Waals surface area contributed by atoms with Gasteiger partial charge >= 0.3 is 0 Å². The molecule has 0 bridgehead atoms. The van der Waals surface area contributed by atoms with Crippen molar-refractivity contribution in [3.8, 4) is 0 Å². The van der Waals surface area contributed by atoms with Crippen molar-refractivity contribution in [3.05, 3.63) is 4.88 Å². The third-order valence-electron chi connectivity index (χ3n) is 3.08. The second-order valence-electron chi connectivity index (χ2n) is 5.01. The molecule has 7 nitrogen and oxygen atoms in total. The molecule has 2 heterocycles. The lowest BCUT2D eigenvalue weighted by molar-refractivity contribution is 0.0956. The number of hydrogen-bond acceptors (Lipinski definition) is 7. The fourth-order valence-electron chi connectivity index (χ4n) is 1.95. The highest BCUT2D eigenvalue weighted by atomic mass is 32.1. The molecule has 1 aromatic rings. The van der Waals surface area contributed by atoms with Crippen molar-refractivity contribution in [1.82, 2.24) is 20.5 Å². The average molecular weight is 298 g/mol. The fraction of sp³-hybridized carbons (Fsp3) is 0.667. The van der Waals surface area contributed by atoms with Crippen molar-refractivity contribution in [3.63, 3.8) is 0 Å². The Morgan fingerprint density at radius 2 is 2.20 bits per heavy atom. The highest BCUT2D eigenvalue weighted by Crippen LogP contribution is 2.28. The number of piperazine rings is 1. The number of nitrogens with zero attached hydrogens (tertiary/aromatic N) is 3. The molecule has 0 saturated carbocycles. The number of nitrogen functional groups attached to an aromatic ring is 1. The molecule has 1 fully saturated rings. The van der Waals surface area contributed by atoms with Crippen molar-refractivity contribution < 1.29 is 4.79 Å². The lowest BCUT2D eigenvalue weighted by Crippen LogP contribution is -2.43. The zero-order chi connectivity index (χ0) is 14.5. The first-order valence-corrected chi connectivity index (χ1v) is 7.54. The summed E-state index contributed by atoms with van der Waals surface area (Å²) in [7, 11) is 3.94. The van der Waals surface area contributed by atoms with Gasteiger partial charge in [0.25, 0.3) is 5.91 Å². The van der Waals surface area contributed by atoms with Crippen molar-refractivity contribution in [2.75, 3.05) is 64.0 Å². The minimum atomic E-state index is -0.136. The maximum atomic E-state index is 12.1. The van der Waals surface area contributed by atoms with Crippen LogP contribution in [-0.2, 0) is 0 Å².